The Morgan fingerprint density at radius 1 is 1.42 bits per heavy atom. The van der Waals surface area contributed by atoms with E-state index in [0.717, 1.165) is 15.3 Å². The SMILES string of the molecule is CSCc1nnc(SCC(=O)c2cc(C)sc2C)o1. The zero-order valence-electron chi connectivity index (χ0n) is 10.9. The number of aryl methyl sites for hydroxylation is 2. The minimum atomic E-state index is 0.108. The van der Waals surface area contributed by atoms with Crippen molar-refractivity contribution < 1.29 is 9.21 Å². The molecule has 102 valence electrons. The number of hydrogen-bond acceptors (Lipinski definition) is 7. The molecule has 0 radical (unpaired) electrons. The lowest BCUT2D eigenvalue weighted by Crippen LogP contribution is -2.02. The fraction of sp³-hybridized carbons (Fsp3) is 0.417. The van der Waals surface area contributed by atoms with Gasteiger partial charge in [0.1, 0.15) is 0 Å². The van der Waals surface area contributed by atoms with Gasteiger partial charge < -0.3 is 4.42 Å². The molecule has 2 aromatic rings. The van der Waals surface area contributed by atoms with Gasteiger partial charge in [-0.05, 0) is 26.2 Å². The first-order valence-corrected chi connectivity index (χ1v) is 8.84. The van der Waals surface area contributed by atoms with Crippen LogP contribution in [0.2, 0.25) is 0 Å². The Balaban J connectivity index is 1.94. The first kappa shape index (κ1) is 14.6. The summed E-state index contributed by atoms with van der Waals surface area (Å²) in [6, 6.07) is 1.94. The highest BCUT2D eigenvalue weighted by atomic mass is 32.2. The lowest BCUT2D eigenvalue weighted by Gasteiger charge is -1.97. The lowest BCUT2D eigenvalue weighted by molar-refractivity contribution is 0.102. The van der Waals surface area contributed by atoms with Gasteiger partial charge in [-0.25, -0.2) is 0 Å². The molecular weight excluding hydrogens is 300 g/mol. The molecule has 0 aliphatic rings. The molecule has 0 saturated heterocycles. The van der Waals surface area contributed by atoms with Crippen molar-refractivity contribution in [2.45, 2.75) is 24.8 Å². The number of rotatable bonds is 6. The monoisotopic (exact) mass is 314 g/mol. The summed E-state index contributed by atoms with van der Waals surface area (Å²) >= 11 is 4.56. The third-order valence-corrected chi connectivity index (χ3v) is 4.70. The Morgan fingerprint density at radius 2 is 2.21 bits per heavy atom. The molecular formula is C12H14N2O2S3. The summed E-state index contributed by atoms with van der Waals surface area (Å²) in [4.78, 5) is 14.3. The van der Waals surface area contributed by atoms with Crippen LogP contribution in [0.5, 0.6) is 0 Å². The molecule has 0 aliphatic heterocycles. The van der Waals surface area contributed by atoms with E-state index in [1.807, 2.05) is 26.2 Å². The van der Waals surface area contributed by atoms with Gasteiger partial charge in [-0.2, -0.15) is 11.8 Å². The number of hydrogen-bond donors (Lipinski definition) is 0. The van der Waals surface area contributed by atoms with E-state index in [-0.39, 0.29) is 5.78 Å². The quantitative estimate of drug-likeness (QED) is 0.600. The molecule has 7 heteroatoms. The van der Waals surface area contributed by atoms with Crippen LogP contribution >= 0.6 is 34.9 Å². The van der Waals surface area contributed by atoms with Crippen molar-refractivity contribution in [2.24, 2.45) is 0 Å². The highest BCUT2D eigenvalue weighted by molar-refractivity contribution is 7.99. The van der Waals surface area contributed by atoms with E-state index in [0.29, 0.717) is 22.6 Å². The minimum absolute atomic E-state index is 0.108. The third kappa shape index (κ3) is 3.84. The lowest BCUT2D eigenvalue weighted by atomic mass is 10.2. The molecule has 0 aliphatic carbocycles. The molecule has 0 saturated carbocycles. The van der Waals surface area contributed by atoms with E-state index < -0.39 is 0 Å². The van der Waals surface area contributed by atoms with Gasteiger partial charge in [-0.15, -0.1) is 21.5 Å². The Morgan fingerprint density at radius 3 is 2.84 bits per heavy atom. The second kappa shape index (κ2) is 6.58. The molecule has 0 unspecified atom stereocenters. The number of carbonyl (C=O) groups excluding carboxylic acids is 1. The molecule has 2 aromatic heterocycles. The molecule has 2 heterocycles. The van der Waals surface area contributed by atoms with Crippen molar-refractivity contribution >= 4 is 40.6 Å². The molecule has 0 fully saturated rings. The largest absolute Gasteiger partial charge is 0.415 e. The van der Waals surface area contributed by atoms with Crippen molar-refractivity contribution in [1.82, 2.24) is 10.2 Å². The highest BCUT2D eigenvalue weighted by Gasteiger charge is 2.14. The maximum absolute atomic E-state index is 12.1. The molecule has 0 atom stereocenters. The summed E-state index contributed by atoms with van der Waals surface area (Å²) in [5.41, 5.74) is 0.804. The van der Waals surface area contributed by atoms with Crippen molar-refractivity contribution in [2.75, 3.05) is 12.0 Å². The van der Waals surface area contributed by atoms with Crippen LogP contribution in [0.3, 0.4) is 0 Å². The zero-order valence-corrected chi connectivity index (χ0v) is 13.4. The topological polar surface area (TPSA) is 56.0 Å². The van der Waals surface area contributed by atoms with E-state index in [1.54, 1.807) is 23.1 Å². The smallest absolute Gasteiger partial charge is 0.277 e. The third-order valence-electron chi connectivity index (χ3n) is 2.38. The average Bonchev–Trinajstić information content (AvgIpc) is 2.93. The Kier molecular flexibility index (Phi) is 5.06. The van der Waals surface area contributed by atoms with Crippen molar-refractivity contribution in [1.29, 1.82) is 0 Å². The molecule has 0 spiro atoms. The summed E-state index contributed by atoms with van der Waals surface area (Å²) in [5, 5.41) is 8.28. The number of aromatic nitrogens is 2. The van der Waals surface area contributed by atoms with E-state index in [2.05, 4.69) is 10.2 Å². The number of Topliss-reactive ketones (excluding diaryl/α,β-unsaturated/α-hetero) is 1. The van der Waals surface area contributed by atoms with Crippen LogP contribution in [0.25, 0.3) is 0 Å². The van der Waals surface area contributed by atoms with E-state index in [1.165, 1.54) is 11.8 Å². The first-order chi connectivity index (χ1) is 9.10. The fourth-order valence-corrected chi connectivity index (χ4v) is 3.56. The highest BCUT2D eigenvalue weighted by Crippen LogP contribution is 2.24. The second-order valence-electron chi connectivity index (χ2n) is 3.93. The number of ketones is 1. The van der Waals surface area contributed by atoms with Crippen LogP contribution < -0.4 is 0 Å². The summed E-state index contributed by atoms with van der Waals surface area (Å²) in [6.07, 6.45) is 1.97. The van der Waals surface area contributed by atoms with Gasteiger partial charge in [0.15, 0.2) is 5.78 Å². The molecule has 0 amide bonds. The van der Waals surface area contributed by atoms with Gasteiger partial charge in [-0.3, -0.25) is 4.79 Å². The average molecular weight is 314 g/mol. The minimum Gasteiger partial charge on any atom is -0.415 e. The van der Waals surface area contributed by atoms with Crippen molar-refractivity contribution in [3.8, 4) is 0 Å². The molecule has 2 rings (SSSR count). The fourth-order valence-electron chi connectivity index (χ4n) is 1.59. The molecule has 0 N–H and O–H groups in total. The standard InChI is InChI=1S/C12H14N2O2S3/c1-7-4-9(8(2)19-7)10(15)5-18-12-14-13-11(16-12)6-17-3/h4H,5-6H2,1-3H3. The van der Waals surface area contributed by atoms with Gasteiger partial charge in [0, 0.05) is 15.3 Å². The number of thioether (sulfide) groups is 2. The Bertz CT molecular complexity index is 577. The van der Waals surface area contributed by atoms with Gasteiger partial charge in [0.2, 0.25) is 5.89 Å². The van der Waals surface area contributed by atoms with Crippen LogP contribution in [-0.4, -0.2) is 28.0 Å². The van der Waals surface area contributed by atoms with Crippen LogP contribution in [0.4, 0.5) is 0 Å². The zero-order chi connectivity index (χ0) is 13.8. The molecule has 4 nitrogen and oxygen atoms in total. The van der Waals surface area contributed by atoms with Gasteiger partial charge in [0.05, 0.1) is 11.5 Å². The predicted octanol–water partition coefficient (Wildman–Crippen LogP) is 3.59. The molecule has 0 aromatic carbocycles. The first-order valence-electron chi connectivity index (χ1n) is 5.64. The maximum atomic E-state index is 12.1. The number of nitrogens with zero attached hydrogens (tertiary/aromatic N) is 2. The van der Waals surface area contributed by atoms with Crippen LogP contribution in [0.1, 0.15) is 26.0 Å². The number of carbonyl (C=O) groups is 1. The van der Waals surface area contributed by atoms with E-state index >= 15 is 0 Å². The van der Waals surface area contributed by atoms with Crippen molar-refractivity contribution in [3.63, 3.8) is 0 Å². The van der Waals surface area contributed by atoms with Crippen molar-refractivity contribution in [3.05, 3.63) is 27.3 Å². The maximum Gasteiger partial charge on any atom is 0.277 e. The summed E-state index contributed by atoms with van der Waals surface area (Å²) in [6.45, 7) is 3.98. The Hall–Kier alpha value is -0.790. The number of thiophene rings is 1. The van der Waals surface area contributed by atoms with Crippen LogP contribution in [0.15, 0.2) is 15.7 Å². The normalized spacial score (nSPS) is 10.9. The van der Waals surface area contributed by atoms with Crippen LogP contribution in [-0.2, 0) is 5.75 Å². The van der Waals surface area contributed by atoms with Crippen LogP contribution in [0, 0.1) is 13.8 Å². The summed E-state index contributed by atoms with van der Waals surface area (Å²) < 4.78 is 5.42. The molecule has 0 bridgehead atoms. The predicted molar refractivity (Wildman–Crippen MR) is 80.4 cm³/mol. The molecule has 19 heavy (non-hydrogen) atoms. The summed E-state index contributed by atoms with van der Waals surface area (Å²) in [5.74, 6) is 1.74. The van der Waals surface area contributed by atoms with Gasteiger partial charge in [0.25, 0.3) is 5.22 Å². The van der Waals surface area contributed by atoms with E-state index in [9.17, 15) is 4.79 Å². The van der Waals surface area contributed by atoms with E-state index in [4.69, 9.17) is 4.42 Å². The second-order valence-corrected chi connectivity index (χ2v) is 7.19. The Labute approximate surface area is 124 Å². The van der Waals surface area contributed by atoms with Gasteiger partial charge >= 0.3 is 0 Å². The van der Waals surface area contributed by atoms with Gasteiger partial charge in [-0.1, -0.05) is 11.8 Å². The summed E-state index contributed by atoms with van der Waals surface area (Å²) in [7, 11) is 0.